The Morgan fingerprint density at radius 3 is 2.89 bits per heavy atom. The highest BCUT2D eigenvalue weighted by Crippen LogP contribution is 2.24. The molecule has 2 aromatic rings. The van der Waals surface area contributed by atoms with Crippen LogP contribution in [0.2, 0.25) is 0 Å². The maximum Gasteiger partial charge on any atom is 0.153 e. The molecular formula is C14H11N3O. The fraction of sp³-hybridized carbons (Fsp3) is 0.0714. The quantitative estimate of drug-likeness (QED) is 0.770. The fourth-order valence-corrected chi connectivity index (χ4v) is 1.69. The van der Waals surface area contributed by atoms with E-state index in [0.29, 0.717) is 16.9 Å². The summed E-state index contributed by atoms with van der Waals surface area (Å²) in [7, 11) is 1.81. The molecule has 0 saturated heterocycles. The van der Waals surface area contributed by atoms with Crippen molar-refractivity contribution in [2.24, 2.45) is 0 Å². The number of carbonyl (C=O) groups excluding carboxylic acids is 1. The first kappa shape index (κ1) is 11.8. The van der Waals surface area contributed by atoms with Crippen molar-refractivity contribution in [2.75, 3.05) is 11.9 Å². The number of hydrogen-bond donors (Lipinski definition) is 0. The van der Waals surface area contributed by atoms with Crippen molar-refractivity contribution in [1.29, 1.82) is 5.26 Å². The number of nitrogens with zero attached hydrogens (tertiary/aromatic N) is 3. The summed E-state index contributed by atoms with van der Waals surface area (Å²) in [6.07, 6.45) is 2.40. The van der Waals surface area contributed by atoms with Gasteiger partial charge in [0.15, 0.2) is 6.29 Å². The Labute approximate surface area is 105 Å². The third-order valence-corrected chi connectivity index (χ3v) is 2.62. The molecule has 18 heavy (non-hydrogen) atoms. The number of pyridine rings is 1. The van der Waals surface area contributed by atoms with E-state index in [-0.39, 0.29) is 0 Å². The smallest absolute Gasteiger partial charge is 0.153 e. The Morgan fingerprint density at radius 2 is 2.17 bits per heavy atom. The lowest BCUT2D eigenvalue weighted by atomic mass is 10.2. The highest BCUT2D eigenvalue weighted by Gasteiger charge is 2.10. The van der Waals surface area contributed by atoms with Crippen molar-refractivity contribution in [3.63, 3.8) is 0 Å². The average Bonchev–Trinajstić information content (AvgIpc) is 2.46. The van der Waals surface area contributed by atoms with E-state index in [1.54, 1.807) is 41.4 Å². The van der Waals surface area contributed by atoms with Gasteiger partial charge in [0, 0.05) is 18.9 Å². The Kier molecular flexibility index (Phi) is 3.35. The zero-order chi connectivity index (χ0) is 13.0. The minimum atomic E-state index is 0.516. The number of anilines is 2. The van der Waals surface area contributed by atoms with E-state index in [0.717, 1.165) is 12.0 Å². The first-order chi connectivity index (χ1) is 8.76. The minimum Gasteiger partial charge on any atom is -0.329 e. The number of hydrogen-bond acceptors (Lipinski definition) is 4. The van der Waals surface area contributed by atoms with Crippen LogP contribution in [0.1, 0.15) is 15.9 Å². The second-order valence-corrected chi connectivity index (χ2v) is 3.76. The summed E-state index contributed by atoms with van der Waals surface area (Å²) in [5.74, 6) is 0.572. The molecule has 4 heteroatoms. The molecule has 0 bridgehead atoms. The van der Waals surface area contributed by atoms with Crippen LogP contribution >= 0.6 is 0 Å². The highest BCUT2D eigenvalue weighted by atomic mass is 16.1. The second-order valence-electron chi connectivity index (χ2n) is 3.76. The third kappa shape index (κ3) is 2.20. The molecule has 2 rings (SSSR count). The van der Waals surface area contributed by atoms with Crippen LogP contribution in [0.5, 0.6) is 0 Å². The summed E-state index contributed by atoms with van der Waals surface area (Å²) in [6, 6.07) is 12.7. The summed E-state index contributed by atoms with van der Waals surface area (Å²) < 4.78 is 0. The minimum absolute atomic E-state index is 0.516. The van der Waals surface area contributed by atoms with Crippen molar-refractivity contribution in [1.82, 2.24) is 4.98 Å². The normalized spacial score (nSPS) is 9.56. The molecule has 1 aromatic heterocycles. The van der Waals surface area contributed by atoms with Gasteiger partial charge in [-0.2, -0.15) is 5.26 Å². The number of benzene rings is 1. The molecule has 0 fully saturated rings. The predicted octanol–water partition coefficient (Wildman–Crippen LogP) is 2.53. The van der Waals surface area contributed by atoms with E-state index < -0.39 is 0 Å². The summed E-state index contributed by atoms with van der Waals surface area (Å²) in [6.45, 7) is 0. The van der Waals surface area contributed by atoms with Crippen LogP contribution in [0.25, 0.3) is 0 Å². The number of nitriles is 1. The molecule has 0 atom stereocenters. The van der Waals surface area contributed by atoms with Gasteiger partial charge in [0.05, 0.1) is 17.2 Å². The van der Waals surface area contributed by atoms with Crippen molar-refractivity contribution in [3.05, 3.63) is 53.7 Å². The van der Waals surface area contributed by atoms with E-state index in [1.165, 1.54) is 0 Å². The number of rotatable bonds is 3. The van der Waals surface area contributed by atoms with Crippen molar-refractivity contribution in [3.8, 4) is 6.07 Å². The molecule has 0 aliphatic heterocycles. The van der Waals surface area contributed by atoms with Crippen LogP contribution < -0.4 is 4.90 Å². The molecule has 1 heterocycles. The molecule has 0 saturated carbocycles. The maximum atomic E-state index is 11.0. The van der Waals surface area contributed by atoms with Crippen LogP contribution in [0.15, 0.2) is 42.6 Å². The van der Waals surface area contributed by atoms with Crippen LogP contribution in [0.3, 0.4) is 0 Å². The number of carbonyl (C=O) groups is 1. The molecule has 0 aliphatic rings. The van der Waals surface area contributed by atoms with Crippen molar-refractivity contribution < 1.29 is 4.79 Å². The standard InChI is InChI=1S/C14H11N3O/c1-17(13-6-2-4-11(8-13)9-15)14-12(10-18)5-3-7-16-14/h2-8,10H,1H3. The Hall–Kier alpha value is -2.67. The molecule has 1 aromatic carbocycles. The second kappa shape index (κ2) is 5.11. The van der Waals surface area contributed by atoms with Gasteiger partial charge >= 0.3 is 0 Å². The molecule has 0 radical (unpaired) electrons. The van der Waals surface area contributed by atoms with Crippen LogP contribution in [0.4, 0.5) is 11.5 Å². The third-order valence-electron chi connectivity index (χ3n) is 2.62. The van der Waals surface area contributed by atoms with E-state index in [1.807, 2.05) is 13.1 Å². The lowest BCUT2D eigenvalue weighted by Crippen LogP contribution is -2.13. The molecule has 88 valence electrons. The van der Waals surface area contributed by atoms with Crippen LogP contribution in [-0.2, 0) is 0 Å². The maximum absolute atomic E-state index is 11.0. The van der Waals surface area contributed by atoms with Gasteiger partial charge in [0.1, 0.15) is 5.82 Å². The summed E-state index contributed by atoms with van der Waals surface area (Å²) in [4.78, 5) is 16.9. The molecule has 0 unspecified atom stereocenters. The topological polar surface area (TPSA) is 57.0 Å². The Bertz CT molecular complexity index is 616. The first-order valence-corrected chi connectivity index (χ1v) is 5.40. The van der Waals surface area contributed by atoms with E-state index in [4.69, 9.17) is 5.26 Å². The summed E-state index contributed by atoms with van der Waals surface area (Å²) in [5, 5.41) is 8.87. The average molecular weight is 237 g/mol. The molecule has 0 spiro atoms. The summed E-state index contributed by atoms with van der Waals surface area (Å²) in [5.41, 5.74) is 1.90. The van der Waals surface area contributed by atoms with Gasteiger partial charge in [-0.15, -0.1) is 0 Å². The monoisotopic (exact) mass is 237 g/mol. The Balaban J connectivity index is 2.44. The summed E-state index contributed by atoms with van der Waals surface area (Å²) >= 11 is 0. The predicted molar refractivity (Wildman–Crippen MR) is 68.8 cm³/mol. The molecular weight excluding hydrogens is 226 g/mol. The van der Waals surface area contributed by atoms with Gasteiger partial charge in [-0.1, -0.05) is 6.07 Å². The van der Waals surface area contributed by atoms with Crippen molar-refractivity contribution >= 4 is 17.8 Å². The van der Waals surface area contributed by atoms with Gasteiger partial charge in [-0.05, 0) is 30.3 Å². The van der Waals surface area contributed by atoms with Gasteiger partial charge < -0.3 is 4.90 Å². The highest BCUT2D eigenvalue weighted by molar-refractivity contribution is 5.84. The largest absolute Gasteiger partial charge is 0.329 e. The number of aldehydes is 1. The van der Waals surface area contributed by atoms with E-state index in [9.17, 15) is 4.79 Å². The first-order valence-electron chi connectivity index (χ1n) is 5.40. The molecule has 0 N–H and O–H groups in total. The lowest BCUT2D eigenvalue weighted by Gasteiger charge is -2.19. The van der Waals surface area contributed by atoms with E-state index in [2.05, 4.69) is 11.1 Å². The number of aromatic nitrogens is 1. The fourth-order valence-electron chi connectivity index (χ4n) is 1.69. The van der Waals surface area contributed by atoms with Crippen LogP contribution in [-0.4, -0.2) is 18.3 Å². The molecule has 0 amide bonds. The zero-order valence-corrected chi connectivity index (χ0v) is 9.87. The Morgan fingerprint density at radius 1 is 1.33 bits per heavy atom. The van der Waals surface area contributed by atoms with Crippen molar-refractivity contribution in [2.45, 2.75) is 0 Å². The lowest BCUT2D eigenvalue weighted by molar-refractivity contribution is 0.112. The zero-order valence-electron chi connectivity index (χ0n) is 9.87. The molecule has 0 aliphatic carbocycles. The van der Waals surface area contributed by atoms with E-state index >= 15 is 0 Å². The van der Waals surface area contributed by atoms with Gasteiger partial charge in [0.25, 0.3) is 0 Å². The molecule has 4 nitrogen and oxygen atoms in total. The van der Waals surface area contributed by atoms with Crippen LogP contribution in [0, 0.1) is 11.3 Å². The van der Waals surface area contributed by atoms with Gasteiger partial charge in [-0.3, -0.25) is 4.79 Å². The van der Waals surface area contributed by atoms with Gasteiger partial charge in [-0.25, -0.2) is 4.98 Å². The van der Waals surface area contributed by atoms with Gasteiger partial charge in [0.2, 0.25) is 0 Å². The SMILES string of the molecule is CN(c1cccc(C#N)c1)c1ncccc1C=O.